The minimum Gasteiger partial charge on any atom is -0.497 e. The number of ether oxygens (including phenoxy) is 1. The molecule has 20 heavy (non-hydrogen) atoms. The van der Waals surface area contributed by atoms with Gasteiger partial charge in [-0.2, -0.15) is 0 Å². The maximum absolute atomic E-state index is 5.70. The van der Waals surface area contributed by atoms with Gasteiger partial charge in [-0.1, -0.05) is 24.3 Å². The van der Waals surface area contributed by atoms with E-state index < -0.39 is 0 Å². The molecule has 2 rings (SSSR count). The van der Waals surface area contributed by atoms with E-state index in [1.165, 1.54) is 0 Å². The predicted octanol–water partition coefficient (Wildman–Crippen LogP) is 1.44. The number of rotatable bonds is 7. The molecule has 0 saturated heterocycles. The molecule has 0 bridgehead atoms. The Morgan fingerprint density at radius 3 is 3.00 bits per heavy atom. The number of benzene rings is 1. The molecule has 0 aliphatic rings. The number of hydrazine groups is 1. The van der Waals surface area contributed by atoms with Crippen LogP contribution in [0.3, 0.4) is 0 Å². The summed E-state index contributed by atoms with van der Waals surface area (Å²) in [5.74, 6) is 6.54. The fourth-order valence-electron chi connectivity index (χ4n) is 2.21. The first-order valence-corrected chi connectivity index (χ1v) is 6.76. The van der Waals surface area contributed by atoms with E-state index in [0.717, 1.165) is 36.4 Å². The van der Waals surface area contributed by atoms with Gasteiger partial charge in [-0.15, -0.1) is 5.10 Å². The Labute approximate surface area is 118 Å². The summed E-state index contributed by atoms with van der Waals surface area (Å²) < 4.78 is 7.14. The zero-order valence-corrected chi connectivity index (χ0v) is 11.9. The summed E-state index contributed by atoms with van der Waals surface area (Å²) in [5, 5.41) is 8.07. The van der Waals surface area contributed by atoms with Crippen LogP contribution in [0, 0.1) is 0 Å². The van der Waals surface area contributed by atoms with Crippen molar-refractivity contribution in [1.29, 1.82) is 0 Å². The van der Waals surface area contributed by atoms with E-state index in [1.807, 2.05) is 22.9 Å². The van der Waals surface area contributed by atoms with Gasteiger partial charge >= 0.3 is 0 Å². The van der Waals surface area contributed by atoms with Crippen molar-refractivity contribution in [2.75, 3.05) is 7.11 Å². The van der Waals surface area contributed by atoms with E-state index in [9.17, 15) is 0 Å². The number of hydrogen-bond acceptors (Lipinski definition) is 5. The fourth-order valence-corrected chi connectivity index (χ4v) is 2.21. The van der Waals surface area contributed by atoms with Crippen LogP contribution in [-0.4, -0.2) is 22.1 Å². The van der Waals surface area contributed by atoms with Gasteiger partial charge in [0.15, 0.2) is 0 Å². The van der Waals surface area contributed by atoms with Crippen LogP contribution in [-0.2, 0) is 13.0 Å². The second-order valence-electron chi connectivity index (χ2n) is 4.66. The van der Waals surface area contributed by atoms with E-state index in [4.69, 9.17) is 10.6 Å². The Morgan fingerprint density at radius 1 is 1.45 bits per heavy atom. The van der Waals surface area contributed by atoms with Crippen LogP contribution < -0.4 is 16.0 Å². The molecular formula is C14H21N5O. The monoisotopic (exact) mass is 275 g/mol. The van der Waals surface area contributed by atoms with Gasteiger partial charge in [0, 0.05) is 6.54 Å². The van der Waals surface area contributed by atoms with Crippen LogP contribution >= 0.6 is 0 Å². The lowest BCUT2D eigenvalue weighted by molar-refractivity contribution is 0.413. The third-order valence-corrected chi connectivity index (χ3v) is 3.22. The van der Waals surface area contributed by atoms with Crippen molar-refractivity contribution < 1.29 is 4.74 Å². The molecule has 1 aromatic carbocycles. The van der Waals surface area contributed by atoms with Crippen molar-refractivity contribution in [1.82, 2.24) is 20.4 Å². The topological polar surface area (TPSA) is 78.0 Å². The normalized spacial score (nSPS) is 12.3. The number of nitrogens with zero attached hydrogens (tertiary/aromatic N) is 3. The molecule has 1 atom stereocenters. The summed E-state index contributed by atoms with van der Waals surface area (Å²) in [4.78, 5) is 0. The molecule has 0 saturated carbocycles. The summed E-state index contributed by atoms with van der Waals surface area (Å²) in [7, 11) is 1.66. The highest BCUT2D eigenvalue weighted by molar-refractivity contribution is 5.29. The molecule has 1 aromatic heterocycles. The highest BCUT2D eigenvalue weighted by Gasteiger charge is 2.16. The third kappa shape index (κ3) is 3.34. The molecule has 0 fully saturated rings. The second-order valence-corrected chi connectivity index (χ2v) is 4.66. The number of nitrogens with two attached hydrogens (primary N) is 1. The first-order chi connectivity index (χ1) is 9.78. The van der Waals surface area contributed by atoms with Crippen LogP contribution in [0.5, 0.6) is 5.75 Å². The average Bonchev–Trinajstić information content (AvgIpc) is 2.93. The number of nitrogens with one attached hydrogen (secondary N) is 1. The number of aryl methyl sites for hydroxylation is 1. The predicted molar refractivity (Wildman–Crippen MR) is 77.1 cm³/mol. The van der Waals surface area contributed by atoms with E-state index in [1.54, 1.807) is 13.3 Å². The Bertz CT molecular complexity index is 540. The van der Waals surface area contributed by atoms with E-state index in [2.05, 4.69) is 28.7 Å². The summed E-state index contributed by atoms with van der Waals surface area (Å²) >= 11 is 0. The van der Waals surface area contributed by atoms with Gasteiger partial charge in [0.1, 0.15) is 5.75 Å². The van der Waals surface area contributed by atoms with Crippen molar-refractivity contribution in [2.45, 2.75) is 32.4 Å². The number of aromatic nitrogens is 3. The number of methoxy groups -OCH3 is 1. The first kappa shape index (κ1) is 14.5. The standard InChI is InChI=1S/C14H21N5O/c1-3-7-19-14(10-16-18-19)13(17-15)9-11-5-4-6-12(8-11)20-2/h4-6,8,10,13,17H,3,7,9,15H2,1-2H3. The summed E-state index contributed by atoms with van der Waals surface area (Å²) in [6, 6.07) is 7.95. The lowest BCUT2D eigenvalue weighted by Crippen LogP contribution is -2.31. The summed E-state index contributed by atoms with van der Waals surface area (Å²) in [6.45, 7) is 2.95. The molecule has 1 unspecified atom stereocenters. The van der Waals surface area contributed by atoms with Crippen LogP contribution in [0.25, 0.3) is 0 Å². The largest absolute Gasteiger partial charge is 0.497 e. The smallest absolute Gasteiger partial charge is 0.119 e. The molecule has 6 heteroatoms. The zero-order valence-electron chi connectivity index (χ0n) is 11.9. The van der Waals surface area contributed by atoms with Crippen molar-refractivity contribution in [3.05, 3.63) is 41.7 Å². The van der Waals surface area contributed by atoms with Crippen LogP contribution in [0.15, 0.2) is 30.5 Å². The molecule has 0 aliphatic heterocycles. The second kappa shape index (κ2) is 7.02. The van der Waals surface area contributed by atoms with Crippen LogP contribution in [0.2, 0.25) is 0 Å². The van der Waals surface area contributed by atoms with E-state index in [0.29, 0.717) is 0 Å². The molecule has 3 N–H and O–H groups in total. The molecule has 0 spiro atoms. The summed E-state index contributed by atoms with van der Waals surface area (Å²) in [6.07, 6.45) is 3.53. The van der Waals surface area contributed by atoms with Gasteiger partial charge in [-0.3, -0.25) is 11.3 Å². The molecule has 6 nitrogen and oxygen atoms in total. The van der Waals surface area contributed by atoms with Crippen LogP contribution in [0.4, 0.5) is 0 Å². The first-order valence-electron chi connectivity index (χ1n) is 6.76. The molecule has 0 aliphatic carbocycles. The average molecular weight is 275 g/mol. The minimum atomic E-state index is -0.0244. The van der Waals surface area contributed by atoms with Gasteiger partial charge in [0.2, 0.25) is 0 Å². The molecule has 1 heterocycles. The van der Waals surface area contributed by atoms with Crippen molar-refractivity contribution >= 4 is 0 Å². The molecule has 0 radical (unpaired) electrons. The van der Waals surface area contributed by atoms with Crippen molar-refractivity contribution in [3.8, 4) is 5.75 Å². The van der Waals surface area contributed by atoms with Crippen LogP contribution in [0.1, 0.15) is 30.6 Å². The van der Waals surface area contributed by atoms with Crippen molar-refractivity contribution in [3.63, 3.8) is 0 Å². The van der Waals surface area contributed by atoms with E-state index >= 15 is 0 Å². The highest BCUT2D eigenvalue weighted by atomic mass is 16.5. The molecule has 2 aromatic rings. The summed E-state index contributed by atoms with van der Waals surface area (Å²) in [5.41, 5.74) is 4.99. The lowest BCUT2D eigenvalue weighted by atomic mass is 10.0. The maximum atomic E-state index is 5.70. The fraction of sp³-hybridized carbons (Fsp3) is 0.429. The Kier molecular flexibility index (Phi) is 5.09. The van der Waals surface area contributed by atoms with Crippen molar-refractivity contribution in [2.24, 2.45) is 5.84 Å². The van der Waals surface area contributed by atoms with Gasteiger partial charge in [-0.05, 0) is 30.5 Å². The van der Waals surface area contributed by atoms with E-state index in [-0.39, 0.29) is 6.04 Å². The maximum Gasteiger partial charge on any atom is 0.119 e. The highest BCUT2D eigenvalue weighted by Crippen LogP contribution is 2.20. The minimum absolute atomic E-state index is 0.0244. The van der Waals surface area contributed by atoms with Gasteiger partial charge < -0.3 is 4.74 Å². The Hall–Kier alpha value is -1.92. The molecule has 0 amide bonds. The Morgan fingerprint density at radius 2 is 2.30 bits per heavy atom. The molecule has 108 valence electrons. The SMILES string of the molecule is CCCn1nncc1C(Cc1cccc(OC)c1)NN. The van der Waals surface area contributed by atoms with Gasteiger partial charge in [0.05, 0.1) is 25.0 Å². The van der Waals surface area contributed by atoms with Gasteiger partial charge in [0.25, 0.3) is 0 Å². The number of hydrogen-bond donors (Lipinski definition) is 2. The zero-order chi connectivity index (χ0) is 14.4. The quantitative estimate of drug-likeness (QED) is 0.590. The Balaban J connectivity index is 2.17. The molecular weight excluding hydrogens is 254 g/mol. The lowest BCUT2D eigenvalue weighted by Gasteiger charge is -2.17. The third-order valence-electron chi connectivity index (χ3n) is 3.22. The van der Waals surface area contributed by atoms with Gasteiger partial charge in [-0.25, -0.2) is 4.68 Å².